The molecule has 32 heavy (non-hydrogen) atoms. The second-order valence-electron chi connectivity index (χ2n) is 6.24. The summed E-state index contributed by atoms with van der Waals surface area (Å²) in [6.07, 6.45) is 2.93. The van der Waals surface area contributed by atoms with Gasteiger partial charge in [-0.1, -0.05) is 24.4 Å². The van der Waals surface area contributed by atoms with E-state index in [1.807, 2.05) is 0 Å². The molecule has 0 saturated carbocycles. The van der Waals surface area contributed by atoms with Crippen LogP contribution in [-0.4, -0.2) is 80.1 Å². The molecule has 0 fully saturated rings. The standard InChI is InChI=1S/C20H28N6O2S4/c1-7-25(8-2)19(29)13-15(17(27-5)23-11-21-13)31-32-16-14(20(30)26(9-3)10-4)22-12-24-18(16)28-6/h11-12H,7-10H2,1-6H3. The Bertz CT molecular complexity index is 863. The molecule has 2 rings (SSSR count). The molecule has 0 amide bonds. The number of methoxy groups -OCH3 is 2. The molecule has 0 atom stereocenters. The van der Waals surface area contributed by atoms with Crippen molar-refractivity contribution in [3.8, 4) is 11.8 Å². The van der Waals surface area contributed by atoms with Crippen LogP contribution >= 0.6 is 46.0 Å². The molecule has 8 nitrogen and oxygen atoms in total. The van der Waals surface area contributed by atoms with Gasteiger partial charge in [0.1, 0.15) is 43.8 Å². The van der Waals surface area contributed by atoms with E-state index in [0.29, 0.717) is 33.1 Å². The molecule has 0 saturated heterocycles. The first kappa shape index (κ1) is 26.5. The Morgan fingerprint density at radius 3 is 1.34 bits per heavy atom. The van der Waals surface area contributed by atoms with Crippen LogP contribution < -0.4 is 9.47 Å². The van der Waals surface area contributed by atoms with Crippen LogP contribution in [0.5, 0.6) is 11.8 Å². The van der Waals surface area contributed by atoms with Crippen LogP contribution in [0.25, 0.3) is 0 Å². The average molecular weight is 513 g/mol. The number of aromatic nitrogens is 4. The van der Waals surface area contributed by atoms with Crippen molar-refractivity contribution in [2.45, 2.75) is 37.5 Å². The van der Waals surface area contributed by atoms with Gasteiger partial charge in [-0.05, 0) is 49.3 Å². The number of rotatable bonds is 11. The molecular formula is C20H28N6O2S4. The number of thiocarbonyl (C=S) groups is 2. The third kappa shape index (κ3) is 5.97. The van der Waals surface area contributed by atoms with Gasteiger partial charge in [0.05, 0.1) is 14.2 Å². The summed E-state index contributed by atoms with van der Waals surface area (Å²) in [5.74, 6) is 0.899. The lowest BCUT2D eigenvalue weighted by molar-refractivity contribution is 0.384. The van der Waals surface area contributed by atoms with E-state index in [1.54, 1.807) is 14.2 Å². The molecule has 0 N–H and O–H groups in total. The zero-order chi connectivity index (χ0) is 23.7. The van der Waals surface area contributed by atoms with Gasteiger partial charge in [0.25, 0.3) is 0 Å². The summed E-state index contributed by atoms with van der Waals surface area (Å²) in [5, 5.41) is 0. The van der Waals surface area contributed by atoms with Crippen LogP contribution in [0.1, 0.15) is 39.1 Å². The number of ether oxygens (including phenoxy) is 2. The van der Waals surface area contributed by atoms with Gasteiger partial charge in [-0.2, -0.15) is 0 Å². The molecule has 0 bridgehead atoms. The highest BCUT2D eigenvalue weighted by Crippen LogP contribution is 2.46. The lowest BCUT2D eigenvalue weighted by Crippen LogP contribution is -2.31. The SMILES string of the molecule is CCN(CC)C(=S)c1ncnc(OC)c1SSc1c(OC)ncnc1C(=S)N(CC)CC. The van der Waals surface area contributed by atoms with Gasteiger partial charge in [0.15, 0.2) is 0 Å². The van der Waals surface area contributed by atoms with Crippen molar-refractivity contribution in [1.29, 1.82) is 0 Å². The van der Waals surface area contributed by atoms with E-state index in [4.69, 9.17) is 33.9 Å². The Morgan fingerprint density at radius 2 is 1.06 bits per heavy atom. The first-order valence-electron chi connectivity index (χ1n) is 10.2. The van der Waals surface area contributed by atoms with Crippen molar-refractivity contribution in [2.75, 3.05) is 40.4 Å². The van der Waals surface area contributed by atoms with E-state index in [2.05, 4.69) is 57.4 Å². The summed E-state index contributed by atoms with van der Waals surface area (Å²) in [7, 11) is 6.00. The van der Waals surface area contributed by atoms with Crippen molar-refractivity contribution in [2.24, 2.45) is 0 Å². The molecule has 0 unspecified atom stereocenters. The van der Waals surface area contributed by atoms with Crippen LogP contribution in [0, 0.1) is 0 Å². The van der Waals surface area contributed by atoms with E-state index in [9.17, 15) is 0 Å². The molecule has 0 aliphatic carbocycles. The third-order valence-corrected chi connectivity index (χ3v) is 7.95. The van der Waals surface area contributed by atoms with Gasteiger partial charge in [-0.15, -0.1) is 0 Å². The Kier molecular flexibility index (Phi) is 10.8. The highest BCUT2D eigenvalue weighted by molar-refractivity contribution is 8.76. The van der Waals surface area contributed by atoms with Crippen molar-refractivity contribution < 1.29 is 9.47 Å². The molecule has 0 aliphatic heterocycles. The van der Waals surface area contributed by atoms with Crippen LogP contribution in [0.15, 0.2) is 22.4 Å². The molecule has 2 aromatic rings. The summed E-state index contributed by atoms with van der Waals surface area (Å²) in [6, 6.07) is 0. The Balaban J connectivity index is 2.48. The summed E-state index contributed by atoms with van der Waals surface area (Å²) in [5.41, 5.74) is 1.30. The van der Waals surface area contributed by atoms with E-state index in [1.165, 1.54) is 34.2 Å². The molecule has 174 valence electrons. The molecule has 0 radical (unpaired) electrons. The fourth-order valence-electron chi connectivity index (χ4n) is 2.87. The molecule has 0 aliphatic rings. The molecule has 0 spiro atoms. The van der Waals surface area contributed by atoms with Gasteiger partial charge in [0.2, 0.25) is 11.8 Å². The minimum atomic E-state index is 0.450. The second kappa shape index (κ2) is 13.1. The van der Waals surface area contributed by atoms with Gasteiger partial charge < -0.3 is 19.3 Å². The normalized spacial score (nSPS) is 10.6. The van der Waals surface area contributed by atoms with Crippen molar-refractivity contribution in [3.63, 3.8) is 0 Å². The fraction of sp³-hybridized carbons (Fsp3) is 0.500. The highest BCUT2D eigenvalue weighted by Gasteiger charge is 2.24. The monoisotopic (exact) mass is 512 g/mol. The predicted molar refractivity (Wildman–Crippen MR) is 138 cm³/mol. The summed E-state index contributed by atoms with van der Waals surface area (Å²) < 4.78 is 11.0. The first-order valence-corrected chi connectivity index (χ1v) is 13.1. The molecule has 0 aromatic carbocycles. The minimum Gasteiger partial charge on any atom is -0.480 e. The van der Waals surface area contributed by atoms with E-state index in [-0.39, 0.29) is 0 Å². The van der Waals surface area contributed by atoms with Gasteiger partial charge >= 0.3 is 0 Å². The molecular weight excluding hydrogens is 485 g/mol. The lowest BCUT2D eigenvalue weighted by Gasteiger charge is -2.23. The Hall–Kier alpha value is -1.76. The van der Waals surface area contributed by atoms with E-state index in [0.717, 1.165) is 36.0 Å². The zero-order valence-corrected chi connectivity index (χ0v) is 22.4. The maximum absolute atomic E-state index is 5.73. The number of nitrogens with zero attached hydrogens (tertiary/aromatic N) is 6. The largest absolute Gasteiger partial charge is 0.480 e. The fourth-order valence-corrected chi connectivity index (χ4v) is 6.26. The quantitative estimate of drug-likeness (QED) is 0.321. The molecule has 2 heterocycles. The minimum absolute atomic E-state index is 0.450. The Morgan fingerprint density at radius 1 is 0.719 bits per heavy atom. The van der Waals surface area contributed by atoms with Crippen LogP contribution in [0.2, 0.25) is 0 Å². The number of hydrogen-bond donors (Lipinski definition) is 0. The highest BCUT2D eigenvalue weighted by atomic mass is 33.1. The van der Waals surface area contributed by atoms with Crippen LogP contribution in [-0.2, 0) is 0 Å². The van der Waals surface area contributed by atoms with Gasteiger partial charge in [-0.25, -0.2) is 19.9 Å². The maximum atomic E-state index is 5.73. The summed E-state index contributed by atoms with van der Waals surface area (Å²) >= 11 is 11.5. The number of hydrogen-bond acceptors (Lipinski definition) is 10. The first-order chi connectivity index (χ1) is 15.5. The smallest absolute Gasteiger partial charge is 0.231 e. The summed E-state index contributed by atoms with van der Waals surface area (Å²) in [4.78, 5) is 24.4. The zero-order valence-electron chi connectivity index (χ0n) is 19.1. The van der Waals surface area contributed by atoms with Crippen LogP contribution in [0.4, 0.5) is 0 Å². The van der Waals surface area contributed by atoms with Gasteiger partial charge in [0, 0.05) is 26.2 Å². The average Bonchev–Trinajstić information content (AvgIpc) is 2.83. The molecule has 12 heteroatoms. The summed E-state index contributed by atoms with van der Waals surface area (Å²) in [6.45, 7) is 11.3. The Labute approximate surface area is 208 Å². The van der Waals surface area contributed by atoms with Crippen molar-refractivity contribution in [3.05, 3.63) is 24.0 Å². The second-order valence-corrected chi connectivity index (χ2v) is 9.17. The van der Waals surface area contributed by atoms with Crippen molar-refractivity contribution in [1.82, 2.24) is 29.7 Å². The predicted octanol–water partition coefficient (Wildman–Crippen LogP) is 4.12. The molecule has 2 aromatic heterocycles. The van der Waals surface area contributed by atoms with Crippen molar-refractivity contribution >= 4 is 56.0 Å². The topological polar surface area (TPSA) is 76.5 Å². The van der Waals surface area contributed by atoms with E-state index >= 15 is 0 Å². The lowest BCUT2D eigenvalue weighted by atomic mass is 10.3. The van der Waals surface area contributed by atoms with E-state index < -0.39 is 0 Å². The van der Waals surface area contributed by atoms with Crippen LogP contribution in [0.3, 0.4) is 0 Å². The van der Waals surface area contributed by atoms with Gasteiger partial charge in [-0.3, -0.25) is 0 Å². The third-order valence-electron chi connectivity index (χ3n) is 4.64. The maximum Gasteiger partial charge on any atom is 0.231 e.